The van der Waals surface area contributed by atoms with E-state index in [9.17, 15) is 0 Å². The predicted octanol–water partition coefficient (Wildman–Crippen LogP) is 0.851. The first-order valence-corrected chi connectivity index (χ1v) is 5.93. The molecule has 0 aliphatic carbocycles. The largest absolute Gasteiger partial charge is 0.396 e. The molecule has 0 atom stereocenters. The molecule has 0 bridgehead atoms. The van der Waals surface area contributed by atoms with E-state index in [0.29, 0.717) is 17.9 Å². The highest BCUT2D eigenvalue weighted by molar-refractivity contribution is 5.73. The van der Waals surface area contributed by atoms with E-state index >= 15 is 0 Å². The molecule has 0 aromatic carbocycles. The monoisotopic (exact) mass is 257 g/mol. The van der Waals surface area contributed by atoms with Gasteiger partial charge in [0.15, 0.2) is 5.65 Å². The standard InChI is InChI=1S/C12H15N7/c1-18(2)11-4-3-9-12(17-11)16-10(15-9)7-19-6-8(13)5-14-19/h3-6H,7,13H2,1-2H3,(H,15,16,17). The van der Waals surface area contributed by atoms with Crippen LogP contribution in [-0.2, 0) is 6.54 Å². The lowest BCUT2D eigenvalue weighted by Gasteiger charge is -2.09. The van der Waals surface area contributed by atoms with Gasteiger partial charge in [0.1, 0.15) is 11.6 Å². The molecule has 0 amide bonds. The van der Waals surface area contributed by atoms with Crippen molar-refractivity contribution in [2.75, 3.05) is 24.7 Å². The zero-order valence-corrected chi connectivity index (χ0v) is 10.8. The van der Waals surface area contributed by atoms with Gasteiger partial charge < -0.3 is 15.6 Å². The second kappa shape index (κ2) is 4.27. The Balaban J connectivity index is 1.93. The molecule has 0 unspecified atom stereocenters. The third-order valence-electron chi connectivity index (χ3n) is 2.80. The van der Waals surface area contributed by atoms with E-state index < -0.39 is 0 Å². The van der Waals surface area contributed by atoms with Crippen molar-refractivity contribution in [1.82, 2.24) is 24.7 Å². The number of fused-ring (bicyclic) bond motifs is 1. The average molecular weight is 257 g/mol. The molecule has 3 aromatic rings. The Morgan fingerprint density at radius 3 is 2.84 bits per heavy atom. The van der Waals surface area contributed by atoms with Crippen LogP contribution in [0.15, 0.2) is 24.5 Å². The molecule has 7 nitrogen and oxygen atoms in total. The van der Waals surface area contributed by atoms with Gasteiger partial charge in [-0.15, -0.1) is 0 Å². The molecule has 3 heterocycles. The van der Waals surface area contributed by atoms with Crippen molar-refractivity contribution in [3.05, 3.63) is 30.4 Å². The van der Waals surface area contributed by atoms with Gasteiger partial charge in [0.05, 0.1) is 23.9 Å². The van der Waals surface area contributed by atoms with Crippen molar-refractivity contribution < 1.29 is 0 Å². The van der Waals surface area contributed by atoms with Crippen LogP contribution in [0.1, 0.15) is 5.82 Å². The lowest BCUT2D eigenvalue weighted by atomic mass is 10.4. The summed E-state index contributed by atoms with van der Waals surface area (Å²) in [6.07, 6.45) is 3.39. The fourth-order valence-electron chi connectivity index (χ4n) is 1.88. The number of aromatic nitrogens is 5. The van der Waals surface area contributed by atoms with Gasteiger partial charge in [-0.1, -0.05) is 0 Å². The summed E-state index contributed by atoms with van der Waals surface area (Å²) < 4.78 is 1.74. The van der Waals surface area contributed by atoms with Gasteiger partial charge in [-0.2, -0.15) is 5.10 Å². The fraction of sp³-hybridized carbons (Fsp3) is 0.250. The number of rotatable bonds is 3. The van der Waals surface area contributed by atoms with Crippen LogP contribution in [0.2, 0.25) is 0 Å². The minimum Gasteiger partial charge on any atom is -0.396 e. The Morgan fingerprint density at radius 1 is 1.32 bits per heavy atom. The zero-order chi connectivity index (χ0) is 13.4. The van der Waals surface area contributed by atoms with E-state index in [0.717, 1.165) is 17.2 Å². The van der Waals surface area contributed by atoms with Crippen molar-refractivity contribution in [1.29, 1.82) is 0 Å². The summed E-state index contributed by atoms with van der Waals surface area (Å²) in [4.78, 5) is 14.1. The van der Waals surface area contributed by atoms with Crippen molar-refractivity contribution in [2.45, 2.75) is 6.54 Å². The molecular weight excluding hydrogens is 242 g/mol. The summed E-state index contributed by atoms with van der Waals surface area (Å²) in [7, 11) is 3.91. The summed E-state index contributed by atoms with van der Waals surface area (Å²) in [5.41, 5.74) is 7.90. The Hall–Kier alpha value is -2.57. The van der Waals surface area contributed by atoms with Crippen LogP contribution in [-0.4, -0.2) is 38.8 Å². The van der Waals surface area contributed by atoms with Gasteiger partial charge in [0, 0.05) is 20.3 Å². The first-order chi connectivity index (χ1) is 9.11. The third-order valence-corrected chi connectivity index (χ3v) is 2.80. The Bertz CT molecular complexity index is 710. The van der Waals surface area contributed by atoms with E-state index in [2.05, 4.69) is 20.1 Å². The molecule has 0 saturated carbocycles. The Labute approximate surface area is 110 Å². The van der Waals surface area contributed by atoms with Gasteiger partial charge >= 0.3 is 0 Å². The summed E-state index contributed by atoms with van der Waals surface area (Å²) in [6, 6.07) is 3.93. The van der Waals surface area contributed by atoms with E-state index in [1.165, 1.54) is 0 Å². The van der Waals surface area contributed by atoms with Gasteiger partial charge in [0.2, 0.25) is 0 Å². The van der Waals surface area contributed by atoms with Crippen molar-refractivity contribution >= 4 is 22.7 Å². The minimum atomic E-state index is 0.546. The second-order valence-corrected chi connectivity index (χ2v) is 4.59. The molecular formula is C12H15N7. The summed E-state index contributed by atoms with van der Waals surface area (Å²) in [5.74, 6) is 1.69. The lowest BCUT2D eigenvalue weighted by molar-refractivity contribution is 0.663. The molecule has 3 rings (SSSR count). The van der Waals surface area contributed by atoms with E-state index in [1.54, 1.807) is 17.1 Å². The van der Waals surface area contributed by atoms with Crippen LogP contribution in [0.4, 0.5) is 11.5 Å². The highest BCUT2D eigenvalue weighted by atomic mass is 15.3. The maximum atomic E-state index is 5.63. The average Bonchev–Trinajstić information content (AvgIpc) is 2.94. The molecule has 3 aromatic heterocycles. The third kappa shape index (κ3) is 2.22. The number of hydrogen-bond donors (Lipinski definition) is 2. The molecule has 7 heteroatoms. The minimum absolute atomic E-state index is 0.546. The van der Waals surface area contributed by atoms with Gasteiger partial charge in [-0.05, 0) is 12.1 Å². The van der Waals surface area contributed by atoms with Gasteiger partial charge in [0.25, 0.3) is 0 Å². The van der Waals surface area contributed by atoms with Crippen molar-refractivity contribution in [3.8, 4) is 0 Å². The number of nitrogen functional groups attached to an aromatic ring is 1. The zero-order valence-electron chi connectivity index (χ0n) is 10.8. The lowest BCUT2D eigenvalue weighted by Crippen LogP contribution is -2.10. The Kier molecular flexibility index (Phi) is 2.59. The van der Waals surface area contributed by atoms with Crippen LogP contribution in [0.3, 0.4) is 0 Å². The maximum absolute atomic E-state index is 5.63. The number of nitrogens with one attached hydrogen (secondary N) is 1. The summed E-state index contributed by atoms with van der Waals surface area (Å²) in [6.45, 7) is 0.546. The fourth-order valence-corrected chi connectivity index (χ4v) is 1.88. The number of aromatic amines is 1. The van der Waals surface area contributed by atoms with E-state index in [1.807, 2.05) is 31.1 Å². The summed E-state index contributed by atoms with van der Waals surface area (Å²) in [5, 5.41) is 4.13. The number of pyridine rings is 1. The number of hydrogen-bond acceptors (Lipinski definition) is 5. The van der Waals surface area contributed by atoms with Crippen LogP contribution < -0.4 is 10.6 Å². The number of anilines is 2. The van der Waals surface area contributed by atoms with Gasteiger partial charge in [-0.25, -0.2) is 9.97 Å². The molecule has 0 fully saturated rings. The molecule has 98 valence electrons. The highest BCUT2D eigenvalue weighted by Gasteiger charge is 2.07. The number of nitrogens with two attached hydrogens (primary N) is 1. The smallest absolute Gasteiger partial charge is 0.179 e. The van der Waals surface area contributed by atoms with Crippen LogP contribution in [0.5, 0.6) is 0 Å². The molecule has 0 aliphatic heterocycles. The molecule has 3 N–H and O–H groups in total. The predicted molar refractivity (Wildman–Crippen MR) is 74.0 cm³/mol. The topological polar surface area (TPSA) is 88.7 Å². The molecule has 0 aliphatic rings. The SMILES string of the molecule is CN(C)c1ccc2[nH]c(Cn3cc(N)cn3)nc2n1. The van der Waals surface area contributed by atoms with Gasteiger partial charge in [-0.3, -0.25) is 4.68 Å². The number of nitrogens with zero attached hydrogens (tertiary/aromatic N) is 5. The normalized spacial score (nSPS) is 11.1. The van der Waals surface area contributed by atoms with Crippen molar-refractivity contribution in [2.24, 2.45) is 0 Å². The van der Waals surface area contributed by atoms with E-state index in [4.69, 9.17) is 5.73 Å². The van der Waals surface area contributed by atoms with Crippen LogP contribution in [0.25, 0.3) is 11.2 Å². The maximum Gasteiger partial charge on any atom is 0.179 e. The Morgan fingerprint density at radius 2 is 2.16 bits per heavy atom. The summed E-state index contributed by atoms with van der Waals surface area (Å²) >= 11 is 0. The van der Waals surface area contributed by atoms with Crippen LogP contribution in [0, 0.1) is 0 Å². The molecule has 19 heavy (non-hydrogen) atoms. The van der Waals surface area contributed by atoms with Crippen molar-refractivity contribution in [3.63, 3.8) is 0 Å². The quantitative estimate of drug-likeness (QED) is 0.726. The van der Waals surface area contributed by atoms with E-state index in [-0.39, 0.29) is 0 Å². The van der Waals surface area contributed by atoms with Crippen LogP contribution >= 0.6 is 0 Å². The number of imidazole rings is 1. The molecule has 0 radical (unpaired) electrons. The highest BCUT2D eigenvalue weighted by Crippen LogP contribution is 2.15. The molecule has 0 spiro atoms. The molecule has 0 saturated heterocycles. The first kappa shape index (κ1) is 11.5. The number of H-pyrrole nitrogens is 1. The second-order valence-electron chi connectivity index (χ2n) is 4.59. The first-order valence-electron chi connectivity index (χ1n) is 5.93.